The summed E-state index contributed by atoms with van der Waals surface area (Å²) in [5, 5.41) is 3.11. The molecule has 0 bridgehead atoms. The average molecular weight is 248 g/mol. The molecule has 1 aromatic carbocycles. The first-order valence-electron chi connectivity index (χ1n) is 5.75. The van der Waals surface area contributed by atoms with E-state index in [1.807, 2.05) is 25.1 Å². The van der Waals surface area contributed by atoms with Crippen LogP contribution < -0.4 is 5.32 Å². The maximum Gasteiger partial charge on any atom is 0.127 e. The van der Waals surface area contributed by atoms with Crippen molar-refractivity contribution >= 4 is 0 Å². The molecule has 18 heavy (non-hydrogen) atoms. The van der Waals surface area contributed by atoms with Gasteiger partial charge in [-0.25, -0.2) is 8.78 Å². The van der Waals surface area contributed by atoms with E-state index < -0.39 is 11.6 Å². The molecule has 0 saturated carbocycles. The summed E-state index contributed by atoms with van der Waals surface area (Å²) in [6.45, 7) is 2.20. The molecule has 0 amide bonds. The predicted molar refractivity (Wildman–Crippen MR) is 65.8 cm³/mol. The molecule has 0 radical (unpaired) electrons. The number of nitrogens with zero attached hydrogens (tertiary/aromatic N) is 1. The zero-order valence-corrected chi connectivity index (χ0v) is 10.0. The predicted octanol–water partition coefficient (Wildman–Crippen LogP) is 3.21. The Kier molecular flexibility index (Phi) is 3.99. The van der Waals surface area contributed by atoms with Crippen LogP contribution in [0.2, 0.25) is 0 Å². The number of hydrogen-bond donors (Lipinski definition) is 1. The quantitative estimate of drug-likeness (QED) is 0.898. The van der Waals surface area contributed by atoms with Crippen LogP contribution in [0.3, 0.4) is 0 Å². The Morgan fingerprint density at radius 2 is 2.06 bits per heavy atom. The van der Waals surface area contributed by atoms with Gasteiger partial charge in [0.25, 0.3) is 0 Å². The molecule has 0 aliphatic heterocycles. The summed E-state index contributed by atoms with van der Waals surface area (Å²) in [6, 6.07) is 9.05. The molecule has 2 rings (SSSR count). The number of benzene rings is 1. The first-order chi connectivity index (χ1) is 8.66. The van der Waals surface area contributed by atoms with E-state index in [2.05, 4.69) is 10.3 Å². The van der Waals surface area contributed by atoms with Crippen molar-refractivity contribution in [3.05, 3.63) is 65.5 Å². The summed E-state index contributed by atoms with van der Waals surface area (Å²) < 4.78 is 26.4. The molecular formula is C14H14F2N2. The lowest BCUT2D eigenvalue weighted by Gasteiger charge is -2.13. The fourth-order valence-corrected chi connectivity index (χ4v) is 1.68. The molecule has 0 spiro atoms. The maximum absolute atomic E-state index is 13.4. The van der Waals surface area contributed by atoms with Crippen molar-refractivity contribution < 1.29 is 8.78 Å². The molecule has 94 valence electrons. The van der Waals surface area contributed by atoms with Gasteiger partial charge >= 0.3 is 0 Å². The first kappa shape index (κ1) is 12.6. The topological polar surface area (TPSA) is 24.9 Å². The number of nitrogens with one attached hydrogen (secondary N) is 1. The highest BCUT2D eigenvalue weighted by atomic mass is 19.1. The zero-order chi connectivity index (χ0) is 13.0. The van der Waals surface area contributed by atoms with Crippen molar-refractivity contribution in [1.29, 1.82) is 0 Å². The van der Waals surface area contributed by atoms with Gasteiger partial charge in [0.05, 0.1) is 5.69 Å². The van der Waals surface area contributed by atoms with E-state index in [-0.39, 0.29) is 12.6 Å². The van der Waals surface area contributed by atoms with E-state index in [9.17, 15) is 8.78 Å². The largest absolute Gasteiger partial charge is 0.305 e. The van der Waals surface area contributed by atoms with Gasteiger partial charge in [0.1, 0.15) is 11.6 Å². The van der Waals surface area contributed by atoms with Crippen LogP contribution in [0.15, 0.2) is 42.6 Å². The smallest absolute Gasteiger partial charge is 0.127 e. The van der Waals surface area contributed by atoms with Gasteiger partial charge < -0.3 is 5.32 Å². The molecule has 0 saturated heterocycles. The molecule has 1 heterocycles. The zero-order valence-electron chi connectivity index (χ0n) is 10.0. The Morgan fingerprint density at radius 3 is 2.78 bits per heavy atom. The summed E-state index contributed by atoms with van der Waals surface area (Å²) in [5.74, 6) is -0.837. The van der Waals surface area contributed by atoms with Gasteiger partial charge in [-0.3, -0.25) is 4.98 Å². The molecule has 1 N–H and O–H groups in total. The second kappa shape index (κ2) is 5.69. The lowest BCUT2D eigenvalue weighted by molar-refractivity contribution is 0.529. The Balaban J connectivity index is 2.01. The first-order valence-corrected chi connectivity index (χ1v) is 5.75. The lowest BCUT2D eigenvalue weighted by Crippen LogP contribution is -2.19. The second-order valence-corrected chi connectivity index (χ2v) is 4.09. The van der Waals surface area contributed by atoms with E-state index >= 15 is 0 Å². The molecule has 1 aromatic heterocycles. The van der Waals surface area contributed by atoms with E-state index in [0.717, 1.165) is 17.8 Å². The summed E-state index contributed by atoms with van der Waals surface area (Å²) in [5.41, 5.74) is 1.19. The van der Waals surface area contributed by atoms with Crippen molar-refractivity contribution in [3.8, 4) is 0 Å². The molecule has 0 aliphatic rings. The normalized spacial score (nSPS) is 12.4. The number of aromatic nitrogens is 1. The van der Waals surface area contributed by atoms with Crippen molar-refractivity contribution in [2.45, 2.75) is 19.5 Å². The van der Waals surface area contributed by atoms with E-state index in [0.29, 0.717) is 5.56 Å². The maximum atomic E-state index is 13.4. The van der Waals surface area contributed by atoms with Crippen molar-refractivity contribution in [2.75, 3.05) is 0 Å². The Hall–Kier alpha value is -1.81. The molecule has 1 atom stereocenters. The third kappa shape index (κ3) is 3.11. The highest BCUT2D eigenvalue weighted by Crippen LogP contribution is 2.13. The average Bonchev–Trinajstić information content (AvgIpc) is 2.40. The fourth-order valence-electron chi connectivity index (χ4n) is 1.68. The summed E-state index contributed by atoms with van der Waals surface area (Å²) in [6.07, 6.45) is 1.70. The van der Waals surface area contributed by atoms with Gasteiger partial charge in [-0.15, -0.1) is 0 Å². The highest BCUT2D eigenvalue weighted by Gasteiger charge is 2.08. The van der Waals surface area contributed by atoms with Crippen LogP contribution in [0, 0.1) is 11.6 Å². The minimum Gasteiger partial charge on any atom is -0.305 e. The summed E-state index contributed by atoms with van der Waals surface area (Å²) in [4.78, 5) is 4.20. The van der Waals surface area contributed by atoms with Crippen molar-refractivity contribution in [2.24, 2.45) is 0 Å². The van der Waals surface area contributed by atoms with Crippen molar-refractivity contribution in [1.82, 2.24) is 10.3 Å². The molecule has 4 heteroatoms. The Morgan fingerprint density at radius 1 is 1.22 bits per heavy atom. The van der Waals surface area contributed by atoms with Crippen LogP contribution in [0.5, 0.6) is 0 Å². The van der Waals surface area contributed by atoms with Gasteiger partial charge in [0.2, 0.25) is 0 Å². The molecule has 0 unspecified atom stereocenters. The standard InChI is InChI=1S/C14H14F2N2/c1-10(14-4-2-3-7-17-14)18-9-11-8-12(15)5-6-13(11)16/h2-8,10,18H,9H2,1H3/t10-/m1/s1. The van der Waals surface area contributed by atoms with Gasteiger partial charge in [0.15, 0.2) is 0 Å². The van der Waals surface area contributed by atoms with Gasteiger partial charge in [-0.2, -0.15) is 0 Å². The third-order valence-electron chi connectivity index (χ3n) is 2.74. The number of hydrogen-bond acceptors (Lipinski definition) is 2. The van der Waals surface area contributed by atoms with Gasteiger partial charge in [0, 0.05) is 24.3 Å². The summed E-state index contributed by atoms with van der Waals surface area (Å²) >= 11 is 0. The van der Waals surface area contributed by atoms with Crippen molar-refractivity contribution in [3.63, 3.8) is 0 Å². The number of halogens is 2. The number of rotatable bonds is 4. The van der Waals surface area contributed by atoms with Crippen LogP contribution in [0.4, 0.5) is 8.78 Å². The fraction of sp³-hybridized carbons (Fsp3) is 0.214. The van der Waals surface area contributed by atoms with Gasteiger partial charge in [-0.1, -0.05) is 6.07 Å². The highest BCUT2D eigenvalue weighted by molar-refractivity contribution is 5.19. The van der Waals surface area contributed by atoms with Crippen LogP contribution >= 0.6 is 0 Å². The molecular weight excluding hydrogens is 234 g/mol. The minimum absolute atomic E-state index is 0.0196. The summed E-state index contributed by atoms with van der Waals surface area (Å²) in [7, 11) is 0. The van der Waals surface area contributed by atoms with E-state index in [4.69, 9.17) is 0 Å². The van der Waals surface area contributed by atoms with Gasteiger partial charge in [-0.05, 0) is 37.3 Å². The lowest BCUT2D eigenvalue weighted by atomic mass is 10.1. The Labute approximate surface area is 105 Å². The molecule has 2 nitrogen and oxygen atoms in total. The molecule has 0 aliphatic carbocycles. The monoisotopic (exact) mass is 248 g/mol. The second-order valence-electron chi connectivity index (χ2n) is 4.09. The van der Waals surface area contributed by atoms with E-state index in [1.54, 1.807) is 6.20 Å². The van der Waals surface area contributed by atoms with Crippen LogP contribution in [0.25, 0.3) is 0 Å². The van der Waals surface area contributed by atoms with Crippen LogP contribution in [-0.2, 0) is 6.54 Å². The minimum atomic E-state index is -0.432. The van der Waals surface area contributed by atoms with Crippen LogP contribution in [-0.4, -0.2) is 4.98 Å². The number of pyridine rings is 1. The third-order valence-corrected chi connectivity index (χ3v) is 2.74. The SMILES string of the molecule is C[C@@H](NCc1cc(F)ccc1F)c1ccccn1. The van der Waals surface area contributed by atoms with E-state index in [1.165, 1.54) is 6.07 Å². The van der Waals surface area contributed by atoms with Crippen LogP contribution in [0.1, 0.15) is 24.2 Å². The molecule has 0 fully saturated rings. The molecule has 2 aromatic rings. The Bertz CT molecular complexity index is 514.